The largest absolute Gasteiger partial charge is 0.492 e. The molecule has 3 rings (SSSR count). The van der Waals surface area contributed by atoms with Crippen LogP contribution in [0.15, 0.2) is 42.5 Å². The van der Waals surface area contributed by atoms with Crippen LogP contribution < -0.4 is 4.74 Å². The van der Waals surface area contributed by atoms with E-state index in [9.17, 15) is 4.79 Å². The summed E-state index contributed by atoms with van der Waals surface area (Å²) in [6.45, 7) is 3.30. The lowest BCUT2D eigenvalue weighted by atomic mass is 10.1. The number of hydrogen-bond donors (Lipinski definition) is 0. The van der Waals surface area contributed by atoms with Crippen molar-refractivity contribution in [3.63, 3.8) is 0 Å². The van der Waals surface area contributed by atoms with Crippen LogP contribution in [0.25, 0.3) is 10.8 Å². The molecule has 0 N–H and O–H groups in total. The number of nitrogens with zero attached hydrogens (tertiary/aromatic N) is 1. The Morgan fingerprint density at radius 1 is 1.00 bits per heavy atom. The van der Waals surface area contributed by atoms with Gasteiger partial charge in [0.1, 0.15) is 18.1 Å². The number of hydrogen-bond acceptors (Lipinski definition) is 3. The average molecular weight is 269 g/mol. The Kier molecular flexibility index (Phi) is 3.97. The molecule has 1 saturated heterocycles. The lowest BCUT2D eigenvalue weighted by Crippen LogP contribution is -2.36. The molecular weight excluding hydrogens is 250 g/mol. The van der Waals surface area contributed by atoms with E-state index in [1.54, 1.807) is 0 Å². The first kappa shape index (κ1) is 13.1. The van der Waals surface area contributed by atoms with Gasteiger partial charge in [-0.2, -0.15) is 0 Å². The molecule has 2 aromatic carbocycles. The molecule has 3 nitrogen and oxygen atoms in total. The summed E-state index contributed by atoms with van der Waals surface area (Å²) in [7, 11) is 0. The standard InChI is InChI=1S/C17H19NO2/c19-15-8-10-18(11-9-15)12-13-20-17-7-3-5-14-4-1-2-6-16(14)17/h1-7H,8-13H2. The van der Waals surface area contributed by atoms with Crippen molar-refractivity contribution in [1.82, 2.24) is 4.90 Å². The molecule has 0 unspecified atom stereocenters. The van der Waals surface area contributed by atoms with E-state index in [-0.39, 0.29) is 0 Å². The van der Waals surface area contributed by atoms with Gasteiger partial charge in [-0.25, -0.2) is 0 Å². The normalized spacial score (nSPS) is 16.5. The van der Waals surface area contributed by atoms with Gasteiger partial charge in [-0.1, -0.05) is 36.4 Å². The Labute approximate surface area is 119 Å². The molecule has 0 saturated carbocycles. The SMILES string of the molecule is O=C1CCN(CCOc2cccc3ccccc23)CC1. The lowest BCUT2D eigenvalue weighted by molar-refractivity contribution is -0.121. The van der Waals surface area contributed by atoms with E-state index < -0.39 is 0 Å². The second kappa shape index (κ2) is 6.06. The van der Waals surface area contributed by atoms with Gasteiger partial charge in [-0.3, -0.25) is 9.69 Å². The van der Waals surface area contributed by atoms with E-state index in [2.05, 4.69) is 23.1 Å². The van der Waals surface area contributed by atoms with Crippen LogP contribution in [0.5, 0.6) is 5.75 Å². The van der Waals surface area contributed by atoms with Crippen LogP contribution in [-0.2, 0) is 4.79 Å². The number of fused-ring (bicyclic) bond motifs is 1. The maximum Gasteiger partial charge on any atom is 0.135 e. The lowest BCUT2D eigenvalue weighted by Gasteiger charge is -2.25. The monoisotopic (exact) mass is 269 g/mol. The van der Waals surface area contributed by atoms with E-state index in [0.29, 0.717) is 25.2 Å². The molecule has 0 aliphatic carbocycles. The maximum atomic E-state index is 11.2. The number of piperidine rings is 1. The summed E-state index contributed by atoms with van der Waals surface area (Å²) in [4.78, 5) is 13.5. The van der Waals surface area contributed by atoms with Crippen molar-refractivity contribution in [3.8, 4) is 5.75 Å². The predicted molar refractivity (Wildman–Crippen MR) is 80.1 cm³/mol. The van der Waals surface area contributed by atoms with Gasteiger partial charge in [0.05, 0.1) is 0 Å². The number of rotatable bonds is 4. The van der Waals surface area contributed by atoms with Crippen molar-refractivity contribution >= 4 is 16.6 Å². The van der Waals surface area contributed by atoms with E-state index in [4.69, 9.17) is 4.74 Å². The molecule has 1 fully saturated rings. The van der Waals surface area contributed by atoms with Gasteiger partial charge in [0, 0.05) is 37.9 Å². The van der Waals surface area contributed by atoms with Gasteiger partial charge in [-0.15, -0.1) is 0 Å². The highest BCUT2D eigenvalue weighted by molar-refractivity contribution is 5.88. The Morgan fingerprint density at radius 2 is 1.75 bits per heavy atom. The predicted octanol–water partition coefficient (Wildman–Crippen LogP) is 2.88. The summed E-state index contributed by atoms with van der Waals surface area (Å²) in [5.74, 6) is 1.33. The second-order valence-electron chi connectivity index (χ2n) is 5.21. The van der Waals surface area contributed by atoms with Crippen molar-refractivity contribution in [3.05, 3.63) is 42.5 Å². The third-order valence-electron chi connectivity index (χ3n) is 3.83. The Morgan fingerprint density at radius 3 is 2.60 bits per heavy atom. The fraction of sp³-hybridized carbons (Fsp3) is 0.353. The minimum absolute atomic E-state index is 0.385. The van der Waals surface area contributed by atoms with E-state index in [1.165, 1.54) is 5.39 Å². The summed E-state index contributed by atoms with van der Waals surface area (Å²) >= 11 is 0. The van der Waals surface area contributed by atoms with Crippen LogP contribution >= 0.6 is 0 Å². The number of Topliss-reactive ketones (excluding diaryl/α,β-unsaturated/α-hetero) is 1. The molecule has 1 aliphatic rings. The van der Waals surface area contributed by atoms with Gasteiger partial charge >= 0.3 is 0 Å². The fourth-order valence-corrected chi connectivity index (χ4v) is 2.63. The van der Waals surface area contributed by atoms with Crippen LogP contribution in [0.3, 0.4) is 0 Å². The Hall–Kier alpha value is -1.87. The van der Waals surface area contributed by atoms with Gasteiger partial charge in [-0.05, 0) is 11.5 Å². The van der Waals surface area contributed by atoms with Crippen molar-refractivity contribution in [2.24, 2.45) is 0 Å². The molecule has 0 atom stereocenters. The number of benzene rings is 2. The molecule has 3 heteroatoms. The zero-order chi connectivity index (χ0) is 13.8. The molecule has 1 heterocycles. The van der Waals surface area contributed by atoms with Crippen molar-refractivity contribution in [2.75, 3.05) is 26.2 Å². The summed E-state index contributed by atoms with van der Waals surface area (Å²) < 4.78 is 5.92. The van der Waals surface area contributed by atoms with Crippen LogP contribution in [0.4, 0.5) is 0 Å². The van der Waals surface area contributed by atoms with Crippen LogP contribution in [0.1, 0.15) is 12.8 Å². The van der Waals surface area contributed by atoms with Gasteiger partial charge in [0.2, 0.25) is 0 Å². The van der Waals surface area contributed by atoms with Gasteiger partial charge < -0.3 is 4.74 Å². The topological polar surface area (TPSA) is 29.5 Å². The summed E-state index contributed by atoms with van der Waals surface area (Å²) in [5.41, 5.74) is 0. The van der Waals surface area contributed by atoms with Crippen LogP contribution in [-0.4, -0.2) is 36.9 Å². The Balaban J connectivity index is 1.59. The summed E-state index contributed by atoms with van der Waals surface area (Å²) in [6.07, 6.45) is 1.38. The molecule has 0 radical (unpaired) electrons. The van der Waals surface area contributed by atoms with Crippen molar-refractivity contribution < 1.29 is 9.53 Å². The van der Waals surface area contributed by atoms with Gasteiger partial charge in [0.25, 0.3) is 0 Å². The van der Waals surface area contributed by atoms with Crippen LogP contribution in [0.2, 0.25) is 0 Å². The number of ether oxygens (including phenoxy) is 1. The molecule has 104 valence electrons. The Bertz CT molecular complexity index is 593. The molecular formula is C17H19NO2. The first-order chi connectivity index (χ1) is 9.83. The van der Waals surface area contributed by atoms with E-state index >= 15 is 0 Å². The molecule has 0 amide bonds. The van der Waals surface area contributed by atoms with Crippen LogP contribution in [0, 0.1) is 0 Å². The summed E-state index contributed by atoms with van der Waals surface area (Å²) in [6, 6.07) is 14.4. The third-order valence-corrected chi connectivity index (χ3v) is 3.83. The quantitative estimate of drug-likeness (QED) is 0.854. The number of carbonyl (C=O) groups excluding carboxylic acids is 1. The third kappa shape index (κ3) is 2.99. The molecule has 2 aromatic rings. The zero-order valence-corrected chi connectivity index (χ0v) is 11.5. The minimum atomic E-state index is 0.385. The number of carbonyl (C=O) groups is 1. The first-order valence-electron chi connectivity index (χ1n) is 7.17. The first-order valence-corrected chi connectivity index (χ1v) is 7.17. The van der Waals surface area contributed by atoms with E-state index in [1.807, 2.05) is 24.3 Å². The molecule has 0 bridgehead atoms. The highest BCUT2D eigenvalue weighted by Gasteiger charge is 2.15. The smallest absolute Gasteiger partial charge is 0.135 e. The maximum absolute atomic E-state index is 11.2. The van der Waals surface area contributed by atoms with Crippen molar-refractivity contribution in [2.45, 2.75) is 12.8 Å². The minimum Gasteiger partial charge on any atom is -0.492 e. The van der Waals surface area contributed by atoms with Gasteiger partial charge in [0.15, 0.2) is 0 Å². The molecule has 20 heavy (non-hydrogen) atoms. The zero-order valence-electron chi connectivity index (χ0n) is 11.5. The average Bonchev–Trinajstić information content (AvgIpc) is 2.49. The van der Waals surface area contributed by atoms with Crippen molar-refractivity contribution in [1.29, 1.82) is 0 Å². The number of ketones is 1. The number of likely N-dealkylation sites (tertiary alicyclic amines) is 1. The second-order valence-corrected chi connectivity index (χ2v) is 5.21. The molecule has 1 aliphatic heterocycles. The molecule has 0 aromatic heterocycles. The van der Waals surface area contributed by atoms with E-state index in [0.717, 1.165) is 30.8 Å². The highest BCUT2D eigenvalue weighted by atomic mass is 16.5. The molecule has 0 spiro atoms. The fourth-order valence-electron chi connectivity index (χ4n) is 2.63. The summed E-state index contributed by atoms with van der Waals surface area (Å²) in [5, 5.41) is 2.36. The highest BCUT2D eigenvalue weighted by Crippen LogP contribution is 2.25.